The van der Waals surface area contributed by atoms with Gasteiger partial charge in [-0.05, 0) is 25.5 Å². The van der Waals surface area contributed by atoms with Crippen molar-refractivity contribution >= 4 is 22.9 Å². The third-order valence-corrected chi connectivity index (χ3v) is 4.46. The number of amides is 3. The summed E-state index contributed by atoms with van der Waals surface area (Å²) in [6.45, 7) is 4.34. The van der Waals surface area contributed by atoms with Crippen molar-refractivity contribution in [2.24, 2.45) is 0 Å². The number of hydrogen-bond acceptors (Lipinski definition) is 6. The molecule has 10 nitrogen and oxygen atoms in total. The minimum absolute atomic E-state index is 0.00247. The molecule has 1 aromatic carbocycles. The van der Waals surface area contributed by atoms with E-state index in [4.69, 9.17) is 4.74 Å². The Morgan fingerprint density at radius 1 is 1.09 bits per heavy atom. The Morgan fingerprint density at radius 3 is 2.53 bits per heavy atom. The molecule has 0 saturated carbocycles. The highest BCUT2D eigenvalue weighted by molar-refractivity contribution is 5.89. The van der Waals surface area contributed by atoms with Crippen molar-refractivity contribution in [3.8, 4) is 11.6 Å². The van der Waals surface area contributed by atoms with Crippen LogP contribution in [0.3, 0.4) is 0 Å². The fraction of sp³-hybridized carbons (Fsp3) is 0.273. The smallest absolute Gasteiger partial charge is 0.414 e. The summed E-state index contributed by atoms with van der Waals surface area (Å²) >= 11 is 0. The molecule has 0 aliphatic carbocycles. The summed E-state index contributed by atoms with van der Waals surface area (Å²) in [6.07, 6.45) is 1.98. The van der Waals surface area contributed by atoms with E-state index < -0.39 is 11.8 Å². The minimum Gasteiger partial charge on any atom is -0.503 e. The second kappa shape index (κ2) is 10.3. The topological polar surface area (TPSA) is 135 Å². The summed E-state index contributed by atoms with van der Waals surface area (Å²) < 4.78 is 6.55. The van der Waals surface area contributed by atoms with Crippen LogP contribution in [0.1, 0.15) is 19.4 Å². The van der Waals surface area contributed by atoms with Crippen molar-refractivity contribution in [3.05, 3.63) is 64.7 Å². The van der Waals surface area contributed by atoms with E-state index >= 15 is 0 Å². The predicted molar refractivity (Wildman–Crippen MR) is 119 cm³/mol. The molecule has 0 fully saturated rings. The number of fused-ring (bicyclic) bond motifs is 1. The van der Waals surface area contributed by atoms with Crippen LogP contribution in [0.4, 0.5) is 9.59 Å². The largest absolute Gasteiger partial charge is 0.503 e. The lowest BCUT2D eigenvalue weighted by atomic mass is 10.2. The molecule has 3 aromatic rings. The fourth-order valence-electron chi connectivity index (χ4n) is 2.98. The Hall–Kier alpha value is -4.08. The zero-order chi connectivity index (χ0) is 23.1. The summed E-state index contributed by atoms with van der Waals surface area (Å²) in [4.78, 5) is 40.1. The first kappa shape index (κ1) is 22.6. The van der Waals surface area contributed by atoms with Gasteiger partial charge in [-0.1, -0.05) is 30.3 Å². The van der Waals surface area contributed by atoms with Gasteiger partial charge in [0, 0.05) is 36.9 Å². The van der Waals surface area contributed by atoms with Crippen LogP contribution >= 0.6 is 0 Å². The fourth-order valence-corrected chi connectivity index (χ4v) is 2.98. The lowest BCUT2D eigenvalue weighted by Crippen LogP contribution is -2.43. The SMILES string of the molecule is CC(C)NC(=O)NCCNC(=O)Oc1ncc2c(=O)n(Cc3ccccc3)ccc2c1O. The van der Waals surface area contributed by atoms with Crippen LogP contribution in [0, 0.1) is 0 Å². The Bertz CT molecular complexity index is 1160. The first-order valence-corrected chi connectivity index (χ1v) is 10.1. The highest BCUT2D eigenvalue weighted by Crippen LogP contribution is 2.30. The molecule has 4 N–H and O–H groups in total. The quantitative estimate of drug-likeness (QED) is 0.416. The normalized spacial score (nSPS) is 10.7. The first-order chi connectivity index (χ1) is 15.3. The predicted octanol–water partition coefficient (Wildman–Crippen LogP) is 1.95. The maximum absolute atomic E-state index is 12.8. The molecule has 2 heterocycles. The van der Waals surface area contributed by atoms with Crippen LogP contribution in [-0.4, -0.2) is 45.9 Å². The van der Waals surface area contributed by atoms with Crippen molar-refractivity contribution in [3.63, 3.8) is 0 Å². The number of aromatic hydroxyl groups is 1. The Morgan fingerprint density at radius 2 is 1.81 bits per heavy atom. The van der Waals surface area contributed by atoms with E-state index in [9.17, 15) is 19.5 Å². The molecule has 3 rings (SSSR count). The molecule has 3 amide bonds. The summed E-state index contributed by atoms with van der Waals surface area (Å²) in [5.74, 6) is -0.725. The van der Waals surface area contributed by atoms with E-state index in [-0.39, 0.29) is 47.4 Å². The van der Waals surface area contributed by atoms with Gasteiger partial charge in [-0.3, -0.25) is 4.79 Å². The third-order valence-electron chi connectivity index (χ3n) is 4.46. The number of urea groups is 1. The molecule has 0 unspecified atom stereocenters. The number of nitrogens with zero attached hydrogens (tertiary/aromatic N) is 2. The first-order valence-electron chi connectivity index (χ1n) is 10.1. The molecule has 0 aliphatic rings. The number of rotatable bonds is 7. The van der Waals surface area contributed by atoms with Gasteiger partial charge >= 0.3 is 12.1 Å². The third kappa shape index (κ3) is 5.75. The molecule has 2 aromatic heterocycles. The number of carbonyl (C=O) groups excluding carboxylic acids is 2. The summed E-state index contributed by atoms with van der Waals surface area (Å²) in [7, 11) is 0. The molecule has 0 atom stereocenters. The molecule has 0 saturated heterocycles. The number of benzene rings is 1. The van der Waals surface area contributed by atoms with Crippen molar-refractivity contribution in [1.82, 2.24) is 25.5 Å². The molecule has 0 bridgehead atoms. The summed E-state index contributed by atoms with van der Waals surface area (Å²) in [5, 5.41) is 18.5. The number of ether oxygens (including phenoxy) is 1. The Kier molecular flexibility index (Phi) is 7.27. The lowest BCUT2D eigenvalue weighted by Gasteiger charge is -2.12. The van der Waals surface area contributed by atoms with Crippen LogP contribution < -0.4 is 26.2 Å². The highest BCUT2D eigenvalue weighted by atomic mass is 16.6. The lowest BCUT2D eigenvalue weighted by molar-refractivity contribution is 0.196. The number of aromatic nitrogens is 2. The van der Waals surface area contributed by atoms with E-state index in [0.29, 0.717) is 6.54 Å². The average Bonchev–Trinajstić information content (AvgIpc) is 2.75. The molecule has 0 spiro atoms. The number of carbonyl (C=O) groups is 2. The molecule has 0 aliphatic heterocycles. The van der Waals surface area contributed by atoms with Crippen LogP contribution in [0.2, 0.25) is 0 Å². The number of hydrogen-bond donors (Lipinski definition) is 4. The number of pyridine rings is 2. The summed E-state index contributed by atoms with van der Waals surface area (Å²) in [6, 6.07) is 10.7. The van der Waals surface area contributed by atoms with E-state index in [0.717, 1.165) is 5.56 Å². The second-order valence-corrected chi connectivity index (χ2v) is 7.34. The Balaban J connectivity index is 1.64. The van der Waals surface area contributed by atoms with Gasteiger partial charge in [-0.15, -0.1) is 0 Å². The molecule has 10 heteroatoms. The highest BCUT2D eigenvalue weighted by Gasteiger charge is 2.16. The zero-order valence-corrected chi connectivity index (χ0v) is 17.8. The van der Waals surface area contributed by atoms with Crippen molar-refractivity contribution in [1.29, 1.82) is 0 Å². The van der Waals surface area contributed by atoms with Gasteiger partial charge in [0.25, 0.3) is 11.4 Å². The van der Waals surface area contributed by atoms with Crippen molar-refractivity contribution < 1.29 is 19.4 Å². The molecule has 168 valence electrons. The van der Waals surface area contributed by atoms with E-state index in [1.807, 2.05) is 44.2 Å². The summed E-state index contributed by atoms with van der Waals surface area (Å²) in [5.41, 5.74) is 0.634. The van der Waals surface area contributed by atoms with Gasteiger partial charge in [-0.25, -0.2) is 14.6 Å². The molecule has 32 heavy (non-hydrogen) atoms. The van der Waals surface area contributed by atoms with E-state index in [2.05, 4.69) is 20.9 Å². The molecular weight excluding hydrogens is 414 g/mol. The van der Waals surface area contributed by atoms with Crippen molar-refractivity contribution in [2.45, 2.75) is 26.4 Å². The minimum atomic E-state index is -0.851. The van der Waals surface area contributed by atoms with Gasteiger partial charge in [0.2, 0.25) is 0 Å². The van der Waals surface area contributed by atoms with Crippen LogP contribution in [0.5, 0.6) is 11.6 Å². The van der Waals surface area contributed by atoms with Crippen LogP contribution in [0.15, 0.2) is 53.6 Å². The maximum Gasteiger partial charge on any atom is 0.414 e. The van der Waals surface area contributed by atoms with E-state index in [1.165, 1.54) is 10.8 Å². The van der Waals surface area contributed by atoms with Crippen LogP contribution in [0.25, 0.3) is 10.8 Å². The average molecular weight is 439 g/mol. The molecule has 0 radical (unpaired) electrons. The van der Waals surface area contributed by atoms with Gasteiger partial charge in [0.05, 0.1) is 11.9 Å². The van der Waals surface area contributed by atoms with Crippen molar-refractivity contribution in [2.75, 3.05) is 13.1 Å². The Labute approximate surface area is 184 Å². The van der Waals surface area contributed by atoms with E-state index in [1.54, 1.807) is 12.3 Å². The maximum atomic E-state index is 12.8. The van der Waals surface area contributed by atoms with Gasteiger partial charge in [-0.2, -0.15) is 0 Å². The second-order valence-electron chi connectivity index (χ2n) is 7.34. The van der Waals surface area contributed by atoms with Crippen LogP contribution in [-0.2, 0) is 6.54 Å². The monoisotopic (exact) mass is 439 g/mol. The zero-order valence-electron chi connectivity index (χ0n) is 17.8. The van der Waals surface area contributed by atoms with Gasteiger partial charge in [0.15, 0.2) is 5.75 Å². The van der Waals surface area contributed by atoms with Gasteiger partial charge < -0.3 is 30.4 Å². The standard InChI is InChI=1S/C22H25N5O5/c1-14(2)26-21(30)23-9-10-24-22(31)32-19-18(28)16-8-11-27(20(29)17(16)12-25-19)13-15-6-4-3-5-7-15/h3-8,11-12,14,28H,9-10,13H2,1-2H3,(H,24,31)(H2,23,26,30). The van der Waals surface area contributed by atoms with Gasteiger partial charge in [0.1, 0.15) is 0 Å². The number of nitrogens with one attached hydrogen (secondary N) is 3. The molecular formula is C22H25N5O5.